The number of rotatable bonds is 3. The van der Waals surface area contributed by atoms with Gasteiger partial charge < -0.3 is 9.64 Å². The second-order valence-corrected chi connectivity index (χ2v) is 5.56. The third-order valence-electron chi connectivity index (χ3n) is 3.67. The van der Waals surface area contributed by atoms with E-state index in [-0.39, 0.29) is 11.3 Å². The molecule has 2 heterocycles. The van der Waals surface area contributed by atoms with Crippen molar-refractivity contribution in [3.8, 4) is 5.88 Å². The minimum absolute atomic E-state index is 0.00868. The van der Waals surface area contributed by atoms with Crippen molar-refractivity contribution in [2.45, 2.75) is 25.1 Å². The van der Waals surface area contributed by atoms with Crippen LogP contribution in [0.5, 0.6) is 5.88 Å². The van der Waals surface area contributed by atoms with Crippen LogP contribution in [0.2, 0.25) is 0 Å². The average Bonchev–Trinajstić information content (AvgIpc) is 2.46. The molecule has 1 atom stereocenters. The van der Waals surface area contributed by atoms with Gasteiger partial charge in [-0.1, -0.05) is 0 Å². The molecule has 5 heteroatoms. The van der Waals surface area contributed by atoms with E-state index in [1.807, 2.05) is 11.8 Å². The van der Waals surface area contributed by atoms with Gasteiger partial charge in [-0.15, -0.1) is 11.6 Å². The van der Waals surface area contributed by atoms with Crippen LogP contribution in [0.25, 0.3) is 0 Å². The van der Waals surface area contributed by atoms with Crippen LogP contribution < -0.4 is 4.74 Å². The van der Waals surface area contributed by atoms with Crippen molar-refractivity contribution in [2.24, 2.45) is 5.92 Å². The number of ether oxygens (including phenoxy) is 1. The number of nitrogens with zero attached hydrogens (tertiary/aromatic N) is 2. The van der Waals surface area contributed by atoms with E-state index in [4.69, 9.17) is 16.3 Å². The number of carbonyl (C=O) groups is 1. The largest absolute Gasteiger partial charge is 0.480 e. The maximum absolute atomic E-state index is 12.4. The van der Waals surface area contributed by atoms with Crippen LogP contribution in [-0.4, -0.2) is 41.4 Å². The summed E-state index contributed by atoms with van der Waals surface area (Å²) < 4.78 is 5.14. The molecule has 1 fully saturated rings. The summed E-state index contributed by atoms with van der Waals surface area (Å²) in [6.45, 7) is 3.52. The first-order valence-electron chi connectivity index (χ1n) is 6.56. The molecule has 0 radical (unpaired) electrons. The lowest BCUT2D eigenvalue weighted by atomic mass is 9.93. The predicted octanol–water partition coefficient (Wildman–Crippen LogP) is 2.57. The van der Waals surface area contributed by atoms with Gasteiger partial charge >= 0.3 is 0 Å². The number of hydrogen-bond donors (Lipinski definition) is 0. The number of likely N-dealkylation sites (tertiary alicyclic amines) is 1. The summed E-state index contributed by atoms with van der Waals surface area (Å²) in [6.07, 6.45) is 3.54. The number of methoxy groups -OCH3 is 1. The molecule has 1 aliphatic heterocycles. The minimum atomic E-state index is -0.00868. The molecule has 1 amide bonds. The quantitative estimate of drug-likeness (QED) is 0.800. The van der Waals surface area contributed by atoms with Crippen LogP contribution in [-0.2, 0) is 0 Å². The Morgan fingerprint density at radius 3 is 2.79 bits per heavy atom. The molecular formula is C14H19ClN2O2. The summed E-state index contributed by atoms with van der Waals surface area (Å²) in [7, 11) is 1.53. The second kappa shape index (κ2) is 6.24. The molecule has 1 unspecified atom stereocenters. The third-order valence-corrected chi connectivity index (χ3v) is 4.03. The molecule has 0 spiro atoms. The second-order valence-electron chi connectivity index (χ2n) is 4.87. The Bertz CT molecular complexity index is 443. The monoisotopic (exact) mass is 282 g/mol. The molecule has 104 valence electrons. The summed E-state index contributed by atoms with van der Waals surface area (Å²) >= 11 is 6.12. The van der Waals surface area contributed by atoms with Crippen LogP contribution in [0.1, 0.15) is 30.1 Å². The van der Waals surface area contributed by atoms with Gasteiger partial charge in [0, 0.05) is 24.7 Å². The number of amides is 1. The fourth-order valence-electron chi connectivity index (χ4n) is 2.45. The van der Waals surface area contributed by atoms with E-state index in [1.54, 1.807) is 18.3 Å². The highest BCUT2D eigenvalue weighted by Gasteiger charge is 2.27. The minimum Gasteiger partial charge on any atom is -0.480 e. The van der Waals surface area contributed by atoms with Crippen LogP contribution in [0.4, 0.5) is 0 Å². The van der Waals surface area contributed by atoms with Crippen LogP contribution >= 0.6 is 11.6 Å². The lowest BCUT2D eigenvalue weighted by Gasteiger charge is -2.33. The van der Waals surface area contributed by atoms with Gasteiger partial charge in [0.1, 0.15) is 5.56 Å². The highest BCUT2D eigenvalue weighted by molar-refractivity contribution is 6.20. The molecule has 2 rings (SSSR count). The summed E-state index contributed by atoms with van der Waals surface area (Å²) in [4.78, 5) is 18.4. The van der Waals surface area contributed by atoms with E-state index in [1.165, 1.54) is 7.11 Å². The van der Waals surface area contributed by atoms with Crippen molar-refractivity contribution in [3.63, 3.8) is 0 Å². The van der Waals surface area contributed by atoms with E-state index in [2.05, 4.69) is 4.98 Å². The SMILES string of the molecule is COc1ncccc1C(=O)N1CCC(C(C)Cl)CC1. The fraction of sp³-hybridized carbons (Fsp3) is 0.571. The highest BCUT2D eigenvalue weighted by Crippen LogP contribution is 2.26. The maximum Gasteiger partial charge on any atom is 0.259 e. The van der Waals surface area contributed by atoms with Crippen LogP contribution in [0.15, 0.2) is 18.3 Å². The Morgan fingerprint density at radius 2 is 2.21 bits per heavy atom. The lowest BCUT2D eigenvalue weighted by molar-refractivity contribution is 0.0686. The molecule has 1 saturated heterocycles. The average molecular weight is 283 g/mol. The standard InChI is InChI=1S/C14H19ClN2O2/c1-10(15)11-5-8-17(9-6-11)14(18)12-4-3-7-16-13(12)19-2/h3-4,7,10-11H,5-6,8-9H2,1-2H3. The zero-order valence-corrected chi connectivity index (χ0v) is 12.1. The molecule has 0 N–H and O–H groups in total. The molecule has 0 saturated carbocycles. The lowest BCUT2D eigenvalue weighted by Crippen LogP contribution is -2.40. The van der Waals surface area contributed by atoms with Crippen LogP contribution in [0, 0.1) is 5.92 Å². The summed E-state index contributed by atoms with van der Waals surface area (Å²) in [6, 6.07) is 3.51. The molecule has 0 aliphatic carbocycles. The predicted molar refractivity (Wildman–Crippen MR) is 74.7 cm³/mol. The molecule has 0 aromatic carbocycles. The first kappa shape index (κ1) is 14.1. The van der Waals surface area contributed by atoms with Gasteiger partial charge in [0.15, 0.2) is 0 Å². The van der Waals surface area contributed by atoms with E-state index < -0.39 is 0 Å². The highest BCUT2D eigenvalue weighted by atomic mass is 35.5. The Labute approximate surface area is 118 Å². The van der Waals surface area contributed by atoms with E-state index in [0.29, 0.717) is 17.4 Å². The van der Waals surface area contributed by atoms with Crippen molar-refractivity contribution in [1.29, 1.82) is 0 Å². The maximum atomic E-state index is 12.4. The topological polar surface area (TPSA) is 42.4 Å². The van der Waals surface area contributed by atoms with E-state index >= 15 is 0 Å². The summed E-state index contributed by atoms with van der Waals surface area (Å²) in [5, 5.41) is 0.171. The first-order chi connectivity index (χ1) is 9.13. The molecule has 1 aromatic heterocycles. The zero-order chi connectivity index (χ0) is 13.8. The fourth-order valence-corrected chi connectivity index (χ4v) is 2.70. The van der Waals surface area contributed by atoms with Gasteiger partial charge in [-0.05, 0) is 37.8 Å². The third kappa shape index (κ3) is 3.18. The van der Waals surface area contributed by atoms with Crippen molar-refractivity contribution in [2.75, 3.05) is 20.2 Å². The van der Waals surface area contributed by atoms with Crippen molar-refractivity contribution < 1.29 is 9.53 Å². The van der Waals surface area contributed by atoms with Gasteiger partial charge in [0.2, 0.25) is 5.88 Å². The van der Waals surface area contributed by atoms with Gasteiger partial charge in [0.25, 0.3) is 5.91 Å². The summed E-state index contributed by atoms with van der Waals surface area (Å²) in [5.74, 6) is 0.882. The Kier molecular flexibility index (Phi) is 4.64. The Balaban J connectivity index is 2.05. The molecule has 19 heavy (non-hydrogen) atoms. The Hall–Kier alpha value is -1.29. The van der Waals surface area contributed by atoms with Gasteiger partial charge in [-0.25, -0.2) is 4.98 Å². The smallest absolute Gasteiger partial charge is 0.259 e. The van der Waals surface area contributed by atoms with Crippen LogP contribution in [0.3, 0.4) is 0 Å². The molecule has 1 aromatic rings. The number of carbonyl (C=O) groups excluding carboxylic acids is 1. The number of alkyl halides is 1. The normalized spacial score (nSPS) is 18.2. The number of aromatic nitrogens is 1. The van der Waals surface area contributed by atoms with Crippen molar-refractivity contribution in [3.05, 3.63) is 23.9 Å². The summed E-state index contributed by atoms with van der Waals surface area (Å²) in [5.41, 5.74) is 0.530. The molecular weight excluding hydrogens is 264 g/mol. The van der Waals surface area contributed by atoms with Gasteiger partial charge in [0.05, 0.1) is 7.11 Å². The Morgan fingerprint density at radius 1 is 1.53 bits per heavy atom. The molecule has 0 bridgehead atoms. The molecule has 1 aliphatic rings. The number of piperidine rings is 1. The number of halogens is 1. The van der Waals surface area contributed by atoms with E-state index in [0.717, 1.165) is 25.9 Å². The van der Waals surface area contributed by atoms with E-state index in [9.17, 15) is 4.79 Å². The molecule has 4 nitrogen and oxygen atoms in total. The number of pyridine rings is 1. The zero-order valence-electron chi connectivity index (χ0n) is 11.3. The van der Waals surface area contributed by atoms with Gasteiger partial charge in [-0.2, -0.15) is 0 Å². The van der Waals surface area contributed by atoms with Crippen molar-refractivity contribution in [1.82, 2.24) is 9.88 Å². The van der Waals surface area contributed by atoms with Gasteiger partial charge in [-0.3, -0.25) is 4.79 Å². The first-order valence-corrected chi connectivity index (χ1v) is 6.99. The number of hydrogen-bond acceptors (Lipinski definition) is 3. The van der Waals surface area contributed by atoms with Crippen molar-refractivity contribution >= 4 is 17.5 Å².